The van der Waals surface area contributed by atoms with Crippen molar-refractivity contribution in [2.24, 2.45) is 0 Å². The predicted molar refractivity (Wildman–Crippen MR) is 61.2 cm³/mol. The molecule has 0 amide bonds. The summed E-state index contributed by atoms with van der Waals surface area (Å²) < 4.78 is 4.89. The minimum atomic E-state index is -0.165. The summed E-state index contributed by atoms with van der Waals surface area (Å²) in [7, 11) is 0. The SMILES string of the molecule is CCOC(=O)CCc1c(C)nc(C)nc1C. The largest absolute Gasteiger partial charge is 0.466 e. The zero-order valence-electron chi connectivity index (χ0n) is 10.3. The lowest BCUT2D eigenvalue weighted by Gasteiger charge is -2.08. The smallest absolute Gasteiger partial charge is 0.306 e. The Balaban J connectivity index is 2.70. The molecular formula is C12H18N2O2. The van der Waals surface area contributed by atoms with Crippen LogP contribution in [0.4, 0.5) is 0 Å². The summed E-state index contributed by atoms with van der Waals surface area (Å²) in [5.74, 6) is 0.608. The van der Waals surface area contributed by atoms with Crippen LogP contribution >= 0.6 is 0 Å². The molecule has 0 N–H and O–H groups in total. The molecule has 0 atom stereocenters. The number of ether oxygens (including phenoxy) is 1. The van der Waals surface area contributed by atoms with Gasteiger partial charge in [0.25, 0.3) is 0 Å². The van der Waals surface area contributed by atoms with Crippen LogP contribution in [0.3, 0.4) is 0 Å². The zero-order valence-corrected chi connectivity index (χ0v) is 10.3. The van der Waals surface area contributed by atoms with Crippen molar-refractivity contribution in [3.8, 4) is 0 Å². The highest BCUT2D eigenvalue weighted by Crippen LogP contribution is 2.12. The highest BCUT2D eigenvalue weighted by Gasteiger charge is 2.09. The van der Waals surface area contributed by atoms with E-state index < -0.39 is 0 Å². The third-order valence-corrected chi connectivity index (χ3v) is 2.42. The quantitative estimate of drug-likeness (QED) is 0.730. The van der Waals surface area contributed by atoms with Crippen LogP contribution in [0.25, 0.3) is 0 Å². The van der Waals surface area contributed by atoms with Crippen LogP contribution in [0.2, 0.25) is 0 Å². The van der Waals surface area contributed by atoms with Crippen LogP contribution in [0.5, 0.6) is 0 Å². The molecule has 1 heterocycles. The first kappa shape index (κ1) is 12.6. The van der Waals surface area contributed by atoms with Crippen molar-refractivity contribution >= 4 is 5.97 Å². The molecule has 88 valence electrons. The zero-order chi connectivity index (χ0) is 12.1. The summed E-state index contributed by atoms with van der Waals surface area (Å²) in [5.41, 5.74) is 2.96. The van der Waals surface area contributed by atoms with Gasteiger partial charge < -0.3 is 4.74 Å². The summed E-state index contributed by atoms with van der Waals surface area (Å²) in [6, 6.07) is 0. The minimum Gasteiger partial charge on any atom is -0.466 e. The van der Waals surface area contributed by atoms with Crippen molar-refractivity contribution in [2.45, 2.75) is 40.5 Å². The fourth-order valence-electron chi connectivity index (χ4n) is 1.73. The fourth-order valence-corrected chi connectivity index (χ4v) is 1.73. The van der Waals surface area contributed by atoms with E-state index >= 15 is 0 Å². The van der Waals surface area contributed by atoms with E-state index in [1.807, 2.05) is 27.7 Å². The monoisotopic (exact) mass is 222 g/mol. The van der Waals surface area contributed by atoms with Gasteiger partial charge in [-0.05, 0) is 39.7 Å². The Labute approximate surface area is 96.1 Å². The van der Waals surface area contributed by atoms with E-state index in [0.29, 0.717) is 19.4 Å². The molecule has 0 bridgehead atoms. The maximum Gasteiger partial charge on any atom is 0.306 e. The molecule has 4 heteroatoms. The Bertz CT molecular complexity index is 366. The van der Waals surface area contributed by atoms with Crippen LogP contribution in [0, 0.1) is 20.8 Å². The number of aryl methyl sites for hydroxylation is 3. The van der Waals surface area contributed by atoms with Gasteiger partial charge in [0.1, 0.15) is 5.82 Å². The summed E-state index contributed by atoms with van der Waals surface area (Å²) in [6.45, 7) is 8.00. The molecule has 0 aliphatic heterocycles. The predicted octanol–water partition coefficient (Wildman–Crippen LogP) is 1.90. The molecule has 0 spiro atoms. The molecule has 0 aliphatic carbocycles. The molecule has 0 aromatic carbocycles. The third kappa shape index (κ3) is 3.29. The second-order valence-corrected chi connectivity index (χ2v) is 3.73. The lowest BCUT2D eigenvalue weighted by Crippen LogP contribution is -2.08. The van der Waals surface area contributed by atoms with E-state index in [9.17, 15) is 4.79 Å². The lowest BCUT2D eigenvalue weighted by molar-refractivity contribution is -0.143. The van der Waals surface area contributed by atoms with Crippen molar-refractivity contribution in [3.63, 3.8) is 0 Å². The summed E-state index contributed by atoms with van der Waals surface area (Å²) in [4.78, 5) is 19.8. The average molecular weight is 222 g/mol. The van der Waals surface area contributed by atoms with Gasteiger partial charge in [0.15, 0.2) is 0 Å². The van der Waals surface area contributed by atoms with E-state index in [2.05, 4.69) is 9.97 Å². The summed E-state index contributed by atoms with van der Waals surface area (Å²) in [5, 5.41) is 0. The number of hydrogen-bond donors (Lipinski definition) is 0. The molecule has 0 fully saturated rings. The van der Waals surface area contributed by atoms with E-state index in [1.165, 1.54) is 0 Å². The Morgan fingerprint density at radius 3 is 2.25 bits per heavy atom. The second-order valence-electron chi connectivity index (χ2n) is 3.73. The maximum absolute atomic E-state index is 11.2. The van der Waals surface area contributed by atoms with Crippen molar-refractivity contribution in [2.75, 3.05) is 6.61 Å². The molecule has 0 saturated heterocycles. The Hall–Kier alpha value is -1.45. The average Bonchev–Trinajstić information content (AvgIpc) is 2.16. The highest BCUT2D eigenvalue weighted by molar-refractivity contribution is 5.69. The molecule has 0 saturated carbocycles. The van der Waals surface area contributed by atoms with E-state index in [0.717, 1.165) is 22.8 Å². The molecular weight excluding hydrogens is 204 g/mol. The molecule has 0 unspecified atom stereocenters. The number of esters is 1. The van der Waals surface area contributed by atoms with Gasteiger partial charge in [-0.1, -0.05) is 0 Å². The highest BCUT2D eigenvalue weighted by atomic mass is 16.5. The van der Waals surface area contributed by atoms with Gasteiger partial charge in [0, 0.05) is 17.8 Å². The van der Waals surface area contributed by atoms with Crippen LogP contribution in [0.15, 0.2) is 0 Å². The number of rotatable bonds is 4. The number of hydrogen-bond acceptors (Lipinski definition) is 4. The molecule has 4 nitrogen and oxygen atoms in total. The van der Waals surface area contributed by atoms with Crippen LogP contribution in [0.1, 0.15) is 36.1 Å². The fraction of sp³-hybridized carbons (Fsp3) is 0.583. The summed E-state index contributed by atoms with van der Waals surface area (Å²) >= 11 is 0. The Morgan fingerprint density at radius 2 is 1.75 bits per heavy atom. The Kier molecular flexibility index (Phi) is 4.40. The number of carbonyl (C=O) groups excluding carboxylic acids is 1. The van der Waals surface area contributed by atoms with E-state index in [4.69, 9.17) is 4.74 Å². The van der Waals surface area contributed by atoms with Crippen molar-refractivity contribution in [1.82, 2.24) is 9.97 Å². The van der Waals surface area contributed by atoms with Crippen LogP contribution in [-0.2, 0) is 16.0 Å². The topological polar surface area (TPSA) is 52.1 Å². The van der Waals surface area contributed by atoms with Gasteiger partial charge in [-0.15, -0.1) is 0 Å². The van der Waals surface area contributed by atoms with Gasteiger partial charge in [-0.3, -0.25) is 4.79 Å². The van der Waals surface area contributed by atoms with Crippen LogP contribution < -0.4 is 0 Å². The van der Waals surface area contributed by atoms with Crippen molar-refractivity contribution < 1.29 is 9.53 Å². The van der Waals surface area contributed by atoms with Crippen LogP contribution in [-0.4, -0.2) is 22.5 Å². The first-order valence-electron chi connectivity index (χ1n) is 5.51. The molecule has 16 heavy (non-hydrogen) atoms. The molecule has 0 aliphatic rings. The molecule has 1 aromatic heterocycles. The maximum atomic E-state index is 11.2. The first-order valence-corrected chi connectivity index (χ1v) is 5.51. The summed E-state index contributed by atoms with van der Waals surface area (Å²) in [6.07, 6.45) is 1.04. The molecule has 1 rings (SSSR count). The standard InChI is InChI=1S/C12H18N2O2/c1-5-16-12(15)7-6-11-8(2)13-10(4)14-9(11)3/h5-7H2,1-4H3. The van der Waals surface area contributed by atoms with Gasteiger partial charge in [-0.25, -0.2) is 9.97 Å². The minimum absolute atomic E-state index is 0.165. The van der Waals surface area contributed by atoms with Gasteiger partial charge in [0.05, 0.1) is 6.61 Å². The van der Waals surface area contributed by atoms with Gasteiger partial charge in [0.2, 0.25) is 0 Å². The molecule has 0 radical (unpaired) electrons. The van der Waals surface area contributed by atoms with E-state index in [1.54, 1.807) is 0 Å². The molecule has 1 aromatic rings. The number of carbonyl (C=O) groups is 1. The Morgan fingerprint density at radius 1 is 1.19 bits per heavy atom. The third-order valence-electron chi connectivity index (χ3n) is 2.42. The normalized spacial score (nSPS) is 10.2. The number of nitrogens with zero attached hydrogens (tertiary/aromatic N) is 2. The van der Waals surface area contributed by atoms with Crippen molar-refractivity contribution in [1.29, 1.82) is 0 Å². The van der Waals surface area contributed by atoms with E-state index in [-0.39, 0.29) is 5.97 Å². The lowest BCUT2D eigenvalue weighted by atomic mass is 10.1. The van der Waals surface area contributed by atoms with Crippen molar-refractivity contribution in [3.05, 3.63) is 22.8 Å². The first-order chi connectivity index (χ1) is 7.54. The van der Waals surface area contributed by atoms with Gasteiger partial charge >= 0.3 is 5.97 Å². The van der Waals surface area contributed by atoms with Gasteiger partial charge in [-0.2, -0.15) is 0 Å². The second kappa shape index (κ2) is 5.58. The number of aromatic nitrogens is 2.